The van der Waals surface area contributed by atoms with Gasteiger partial charge in [0.05, 0.1) is 5.56 Å². The molecular weight excluding hydrogens is 564 g/mol. The molecule has 220 valence electrons. The van der Waals surface area contributed by atoms with Crippen LogP contribution >= 0.6 is 11.6 Å². The number of ketones is 1. The summed E-state index contributed by atoms with van der Waals surface area (Å²) in [6.45, 7) is 4.03. The van der Waals surface area contributed by atoms with Crippen molar-refractivity contribution in [2.45, 2.75) is 64.8 Å². The van der Waals surface area contributed by atoms with Gasteiger partial charge in [0.15, 0.2) is 18.0 Å². The Morgan fingerprint density at radius 1 is 0.805 bits per heavy atom. The van der Waals surface area contributed by atoms with Crippen LogP contribution in [0.1, 0.15) is 43.6 Å². The van der Waals surface area contributed by atoms with Crippen molar-refractivity contribution in [2.24, 2.45) is 0 Å². The molecule has 3 unspecified atom stereocenters. The Kier molecular flexibility index (Phi) is 10.7. The van der Waals surface area contributed by atoms with Crippen molar-refractivity contribution >= 4 is 41.3 Å². The van der Waals surface area contributed by atoms with E-state index in [0.29, 0.717) is 10.6 Å². The summed E-state index contributed by atoms with van der Waals surface area (Å²) in [5.74, 6) is -3.80. The summed E-state index contributed by atoms with van der Waals surface area (Å²) < 4.78 is 32.8. The molecule has 0 bridgehead atoms. The van der Waals surface area contributed by atoms with Crippen LogP contribution in [0.25, 0.3) is 0 Å². The molecule has 1 fully saturated rings. The first-order chi connectivity index (χ1) is 19.3. The molecule has 13 heteroatoms. The minimum Gasteiger partial charge on any atom is -0.507 e. The molecule has 0 spiro atoms. The summed E-state index contributed by atoms with van der Waals surface area (Å²) in [5, 5.41) is 11.1. The van der Waals surface area contributed by atoms with E-state index in [-0.39, 0.29) is 23.5 Å². The van der Waals surface area contributed by atoms with Crippen LogP contribution in [0.4, 0.5) is 0 Å². The number of carbonyl (C=O) groups excluding carboxylic acids is 5. The Labute approximate surface area is 240 Å². The van der Waals surface area contributed by atoms with Gasteiger partial charge in [0.1, 0.15) is 24.2 Å². The number of phenols is 1. The zero-order chi connectivity index (χ0) is 30.3. The minimum atomic E-state index is -1.49. The number of aromatic hydroxyl groups is 1. The molecule has 1 aliphatic rings. The van der Waals surface area contributed by atoms with Crippen LogP contribution in [0.15, 0.2) is 42.5 Å². The highest BCUT2D eigenvalue weighted by Gasteiger charge is 2.53. The van der Waals surface area contributed by atoms with Crippen LogP contribution in [0.3, 0.4) is 0 Å². The molecule has 0 radical (unpaired) electrons. The molecule has 41 heavy (non-hydrogen) atoms. The van der Waals surface area contributed by atoms with E-state index < -0.39 is 66.9 Å². The number of esters is 4. The number of phenolic OH excluding ortho intramolecular Hbond substituents is 1. The number of carbonyl (C=O) groups is 5. The van der Waals surface area contributed by atoms with Crippen molar-refractivity contribution < 1.29 is 57.5 Å². The molecule has 1 heterocycles. The van der Waals surface area contributed by atoms with Crippen LogP contribution in [-0.2, 0) is 49.3 Å². The van der Waals surface area contributed by atoms with Gasteiger partial charge in [0.2, 0.25) is 12.4 Å². The van der Waals surface area contributed by atoms with E-state index in [4.69, 9.17) is 40.0 Å². The largest absolute Gasteiger partial charge is 0.507 e. The molecule has 2 aromatic carbocycles. The molecule has 0 aromatic heterocycles. The number of halogens is 1. The van der Waals surface area contributed by atoms with E-state index in [1.807, 2.05) is 0 Å². The lowest BCUT2D eigenvalue weighted by Crippen LogP contribution is -2.63. The Morgan fingerprint density at radius 3 is 1.95 bits per heavy atom. The van der Waals surface area contributed by atoms with Gasteiger partial charge in [-0.2, -0.15) is 0 Å². The van der Waals surface area contributed by atoms with Gasteiger partial charge in [-0.25, -0.2) is 0 Å². The average molecular weight is 593 g/mol. The molecule has 1 aliphatic heterocycles. The average Bonchev–Trinajstić information content (AvgIpc) is 2.87. The standard InChI is InChI=1S/C28H29ClO12/c1-14(30)36-13-24-25(37-15(2)31)26(38-16(3)32)27(39-17(4)33)28(41-24)40-20-9-10-21(23(35)12-20)22(34)11-18-5-7-19(29)8-6-18/h5-10,12,24-28,35H,11,13H2,1-4H3/t24?,25-,26?,27?,28+/m1/s1. The normalized spacial score (nSPS) is 21.7. The quantitative estimate of drug-likeness (QED) is 0.244. The molecule has 2 aromatic rings. The van der Waals surface area contributed by atoms with Crippen molar-refractivity contribution in [1.82, 2.24) is 0 Å². The second kappa shape index (κ2) is 14.0. The van der Waals surface area contributed by atoms with Crippen molar-refractivity contribution in [2.75, 3.05) is 6.61 Å². The zero-order valence-corrected chi connectivity index (χ0v) is 23.4. The topological polar surface area (TPSA) is 161 Å². The predicted molar refractivity (Wildman–Crippen MR) is 140 cm³/mol. The first kappa shape index (κ1) is 31.4. The first-order valence-corrected chi connectivity index (χ1v) is 12.8. The van der Waals surface area contributed by atoms with Gasteiger partial charge in [-0.1, -0.05) is 23.7 Å². The molecule has 0 aliphatic carbocycles. The fourth-order valence-corrected chi connectivity index (χ4v) is 4.25. The molecule has 1 N–H and O–H groups in total. The van der Waals surface area contributed by atoms with E-state index in [0.717, 1.165) is 33.8 Å². The van der Waals surface area contributed by atoms with Gasteiger partial charge in [-0.15, -0.1) is 0 Å². The van der Waals surface area contributed by atoms with Gasteiger partial charge in [-0.3, -0.25) is 24.0 Å². The third-order valence-corrected chi connectivity index (χ3v) is 6.00. The SMILES string of the molecule is CC(=O)OCC1O[C@H](Oc2ccc(C(=O)Cc3ccc(Cl)cc3)c(O)c2)C(OC(C)=O)C(OC(C)=O)[C@@H]1OC(C)=O. The second-order valence-corrected chi connectivity index (χ2v) is 9.53. The molecule has 5 atom stereocenters. The van der Waals surface area contributed by atoms with Gasteiger partial charge < -0.3 is 33.5 Å². The maximum absolute atomic E-state index is 12.8. The fourth-order valence-electron chi connectivity index (χ4n) is 4.12. The Morgan fingerprint density at radius 2 is 1.39 bits per heavy atom. The Bertz CT molecular complexity index is 1290. The highest BCUT2D eigenvalue weighted by atomic mass is 35.5. The van der Waals surface area contributed by atoms with E-state index >= 15 is 0 Å². The monoisotopic (exact) mass is 592 g/mol. The van der Waals surface area contributed by atoms with Crippen LogP contribution in [0, 0.1) is 0 Å². The number of benzene rings is 2. The van der Waals surface area contributed by atoms with E-state index in [9.17, 15) is 29.1 Å². The third kappa shape index (κ3) is 8.92. The number of rotatable bonds is 10. The highest BCUT2D eigenvalue weighted by molar-refractivity contribution is 6.30. The van der Waals surface area contributed by atoms with Gasteiger partial charge in [-0.05, 0) is 29.8 Å². The minimum absolute atomic E-state index is 0.00459. The van der Waals surface area contributed by atoms with Gasteiger partial charge >= 0.3 is 23.9 Å². The predicted octanol–water partition coefficient (Wildman–Crippen LogP) is 2.93. The third-order valence-electron chi connectivity index (χ3n) is 5.75. The molecular formula is C28H29ClO12. The molecule has 12 nitrogen and oxygen atoms in total. The van der Waals surface area contributed by atoms with E-state index in [1.54, 1.807) is 24.3 Å². The van der Waals surface area contributed by atoms with Crippen molar-refractivity contribution in [3.05, 3.63) is 58.6 Å². The summed E-state index contributed by atoms with van der Waals surface area (Å²) >= 11 is 5.89. The maximum atomic E-state index is 12.8. The number of hydrogen-bond acceptors (Lipinski definition) is 12. The summed E-state index contributed by atoms with van der Waals surface area (Å²) in [5.41, 5.74) is 0.713. The van der Waals surface area contributed by atoms with Crippen LogP contribution in [0.2, 0.25) is 5.02 Å². The first-order valence-electron chi connectivity index (χ1n) is 12.4. The molecule has 0 saturated carbocycles. The number of ether oxygens (including phenoxy) is 6. The van der Waals surface area contributed by atoms with Crippen molar-refractivity contribution in [3.63, 3.8) is 0 Å². The smallest absolute Gasteiger partial charge is 0.303 e. The van der Waals surface area contributed by atoms with Crippen molar-refractivity contribution in [1.29, 1.82) is 0 Å². The summed E-state index contributed by atoms with van der Waals surface area (Å²) in [4.78, 5) is 60.1. The number of hydrogen-bond donors (Lipinski definition) is 1. The highest BCUT2D eigenvalue weighted by Crippen LogP contribution is 2.33. The summed E-state index contributed by atoms with van der Waals surface area (Å²) in [6.07, 6.45) is -6.93. The van der Waals surface area contributed by atoms with Crippen LogP contribution < -0.4 is 4.74 Å². The van der Waals surface area contributed by atoms with Gasteiger partial charge in [0.25, 0.3) is 0 Å². The Balaban J connectivity index is 1.90. The fraction of sp³-hybridized carbons (Fsp3) is 0.393. The van der Waals surface area contributed by atoms with Crippen LogP contribution in [0.5, 0.6) is 11.5 Å². The van der Waals surface area contributed by atoms with Crippen molar-refractivity contribution in [3.8, 4) is 11.5 Å². The Hall–Kier alpha value is -4.16. The lowest BCUT2D eigenvalue weighted by molar-refractivity contribution is -0.288. The molecule has 0 amide bonds. The number of Topliss-reactive ketones (excluding diaryl/α,β-unsaturated/α-hetero) is 1. The van der Waals surface area contributed by atoms with Crippen LogP contribution in [-0.4, -0.2) is 72.1 Å². The molecule has 3 rings (SSSR count). The summed E-state index contributed by atoms with van der Waals surface area (Å²) in [6, 6.07) is 10.6. The van der Waals surface area contributed by atoms with E-state index in [2.05, 4.69) is 0 Å². The lowest BCUT2D eigenvalue weighted by Gasteiger charge is -2.43. The lowest BCUT2D eigenvalue weighted by atomic mass is 9.98. The molecule has 1 saturated heterocycles. The van der Waals surface area contributed by atoms with E-state index in [1.165, 1.54) is 12.1 Å². The van der Waals surface area contributed by atoms with Gasteiger partial charge in [0, 0.05) is 45.2 Å². The summed E-state index contributed by atoms with van der Waals surface area (Å²) in [7, 11) is 0. The zero-order valence-electron chi connectivity index (χ0n) is 22.7. The maximum Gasteiger partial charge on any atom is 0.303 e. The second-order valence-electron chi connectivity index (χ2n) is 9.09.